The van der Waals surface area contributed by atoms with Crippen molar-refractivity contribution in [2.24, 2.45) is 0 Å². The molecule has 1 heterocycles. The van der Waals surface area contributed by atoms with Crippen LogP contribution in [0.1, 0.15) is 36.7 Å². The van der Waals surface area contributed by atoms with Crippen LogP contribution in [-0.2, 0) is 6.61 Å². The quantitative estimate of drug-likeness (QED) is 0.632. The van der Waals surface area contributed by atoms with E-state index in [2.05, 4.69) is 30.8 Å². The summed E-state index contributed by atoms with van der Waals surface area (Å²) < 4.78 is 7.77. The molecule has 21 heavy (non-hydrogen) atoms. The van der Waals surface area contributed by atoms with Crippen LogP contribution < -0.4 is 4.74 Å². The topological polar surface area (TPSA) is 27.1 Å². The normalized spacial score (nSPS) is 10.3. The standard InChI is InChI=1S/C17H19ClN2O/c1-13(2)20-10-8-16(19-20)12-21-17-7-6-14(3)11-15(17)5-4-9-18/h6-8,10-11,13H,9,12H2,1-3H3. The lowest BCUT2D eigenvalue weighted by Crippen LogP contribution is -2.03. The summed E-state index contributed by atoms with van der Waals surface area (Å²) in [6, 6.07) is 8.27. The van der Waals surface area contributed by atoms with Crippen LogP contribution in [0.5, 0.6) is 5.75 Å². The molecule has 2 aromatic rings. The first-order chi connectivity index (χ1) is 10.1. The lowest BCUT2D eigenvalue weighted by molar-refractivity contribution is 0.298. The Balaban J connectivity index is 2.11. The number of hydrogen-bond donors (Lipinski definition) is 0. The summed E-state index contributed by atoms with van der Waals surface area (Å²) in [5, 5.41) is 4.47. The molecule has 0 bridgehead atoms. The largest absolute Gasteiger partial charge is 0.486 e. The minimum absolute atomic E-state index is 0.312. The number of ether oxygens (including phenoxy) is 1. The molecule has 0 aliphatic rings. The summed E-state index contributed by atoms with van der Waals surface area (Å²) in [4.78, 5) is 0. The molecule has 0 aliphatic heterocycles. The van der Waals surface area contributed by atoms with Gasteiger partial charge in [-0.15, -0.1) is 11.6 Å². The molecule has 0 aliphatic carbocycles. The van der Waals surface area contributed by atoms with Gasteiger partial charge in [0, 0.05) is 12.2 Å². The molecule has 110 valence electrons. The van der Waals surface area contributed by atoms with Gasteiger partial charge in [-0.1, -0.05) is 17.9 Å². The molecule has 4 heteroatoms. The Morgan fingerprint density at radius 3 is 2.81 bits per heavy atom. The van der Waals surface area contributed by atoms with Crippen LogP contribution in [0, 0.1) is 18.8 Å². The van der Waals surface area contributed by atoms with Crippen molar-refractivity contribution in [3.8, 4) is 17.6 Å². The first-order valence-corrected chi connectivity index (χ1v) is 7.46. The van der Waals surface area contributed by atoms with Crippen LogP contribution in [-0.4, -0.2) is 15.7 Å². The Bertz CT molecular complexity index is 665. The molecule has 1 aromatic carbocycles. The van der Waals surface area contributed by atoms with E-state index in [1.165, 1.54) is 0 Å². The molecule has 0 atom stereocenters. The smallest absolute Gasteiger partial charge is 0.135 e. The van der Waals surface area contributed by atoms with E-state index < -0.39 is 0 Å². The molecule has 0 fully saturated rings. The fourth-order valence-electron chi connectivity index (χ4n) is 1.89. The molecule has 0 unspecified atom stereocenters. The first kappa shape index (κ1) is 15.5. The van der Waals surface area contributed by atoms with E-state index in [4.69, 9.17) is 16.3 Å². The van der Waals surface area contributed by atoms with E-state index in [0.29, 0.717) is 18.5 Å². The molecule has 0 N–H and O–H groups in total. The summed E-state index contributed by atoms with van der Waals surface area (Å²) >= 11 is 5.62. The van der Waals surface area contributed by atoms with E-state index >= 15 is 0 Å². The van der Waals surface area contributed by atoms with Gasteiger partial charge in [0.05, 0.1) is 17.1 Å². The molecule has 3 nitrogen and oxygen atoms in total. The average molecular weight is 303 g/mol. The Morgan fingerprint density at radius 2 is 2.14 bits per heavy atom. The molecule has 0 saturated heterocycles. The molecular formula is C17H19ClN2O. The van der Waals surface area contributed by atoms with Crippen molar-refractivity contribution in [3.63, 3.8) is 0 Å². The van der Waals surface area contributed by atoms with Crippen LogP contribution in [0.25, 0.3) is 0 Å². The molecule has 2 rings (SSSR count). The van der Waals surface area contributed by atoms with Crippen molar-refractivity contribution in [3.05, 3.63) is 47.3 Å². The zero-order valence-electron chi connectivity index (χ0n) is 12.6. The maximum Gasteiger partial charge on any atom is 0.135 e. The minimum Gasteiger partial charge on any atom is -0.486 e. The SMILES string of the molecule is Cc1ccc(OCc2ccn(C(C)C)n2)c(C#CCCl)c1. The number of benzene rings is 1. The highest BCUT2D eigenvalue weighted by Gasteiger charge is 2.05. The monoisotopic (exact) mass is 302 g/mol. The van der Waals surface area contributed by atoms with Crippen molar-refractivity contribution >= 4 is 11.6 Å². The highest BCUT2D eigenvalue weighted by atomic mass is 35.5. The van der Waals surface area contributed by atoms with E-state index in [-0.39, 0.29) is 0 Å². The average Bonchev–Trinajstić information content (AvgIpc) is 2.93. The zero-order chi connectivity index (χ0) is 15.2. The van der Waals surface area contributed by atoms with Crippen molar-refractivity contribution in [1.29, 1.82) is 0 Å². The van der Waals surface area contributed by atoms with E-state index in [0.717, 1.165) is 22.6 Å². The summed E-state index contributed by atoms with van der Waals surface area (Å²) in [6.45, 7) is 6.65. The van der Waals surface area contributed by atoms with Gasteiger partial charge < -0.3 is 4.74 Å². The van der Waals surface area contributed by atoms with Gasteiger partial charge in [0.1, 0.15) is 12.4 Å². The van der Waals surface area contributed by atoms with Crippen LogP contribution >= 0.6 is 11.6 Å². The number of alkyl halides is 1. The third kappa shape index (κ3) is 4.27. The van der Waals surface area contributed by atoms with Gasteiger partial charge in [0.15, 0.2) is 0 Å². The summed E-state index contributed by atoms with van der Waals surface area (Å²) in [7, 11) is 0. The van der Waals surface area contributed by atoms with Crippen LogP contribution in [0.3, 0.4) is 0 Å². The van der Waals surface area contributed by atoms with Crippen molar-refractivity contribution in [2.45, 2.75) is 33.4 Å². The molecule has 0 radical (unpaired) electrons. The zero-order valence-corrected chi connectivity index (χ0v) is 13.3. The fraction of sp³-hybridized carbons (Fsp3) is 0.353. The maximum atomic E-state index is 5.85. The van der Waals surface area contributed by atoms with E-state index in [1.807, 2.05) is 42.1 Å². The second-order valence-electron chi connectivity index (χ2n) is 5.10. The molecule has 0 spiro atoms. The first-order valence-electron chi connectivity index (χ1n) is 6.92. The third-order valence-corrected chi connectivity index (χ3v) is 3.13. The van der Waals surface area contributed by atoms with Crippen molar-refractivity contribution in [1.82, 2.24) is 9.78 Å². The van der Waals surface area contributed by atoms with Gasteiger partial charge in [-0.05, 0) is 44.5 Å². The fourth-order valence-corrected chi connectivity index (χ4v) is 1.96. The number of aryl methyl sites for hydroxylation is 1. The Hall–Kier alpha value is -1.92. The Labute approximate surface area is 130 Å². The lowest BCUT2D eigenvalue weighted by Gasteiger charge is -2.08. The second-order valence-corrected chi connectivity index (χ2v) is 5.37. The Kier molecular flexibility index (Phi) is 5.30. The van der Waals surface area contributed by atoms with Gasteiger partial charge in [0.25, 0.3) is 0 Å². The predicted octanol–water partition coefficient (Wildman–Crippen LogP) is 3.94. The molecule has 0 amide bonds. The van der Waals surface area contributed by atoms with E-state index in [1.54, 1.807) is 0 Å². The van der Waals surface area contributed by atoms with E-state index in [9.17, 15) is 0 Å². The Morgan fingerprint density at radius 1 is 1.33 bits per heavy atom. The predicted molar refractivity (Wildman–Crippen MR) is 85.7 cm³/mol. The number of hydrogen-bond acceptors (Lipinski definition) is 2. The van der Waals surface area contributed by atoms with Gasteiger partial charge in [-0.25, -0.2) is 0 Å². The molecule has 1 aromatic heterocycles. The summed E-state index contributed by atoms with van der Waals surface area (Å²) in [6.07, 6.45) is 1.96. The molecule has 0 saturated carbocycles. The number of halogens is 1. The lowest BCUT2D eigenvalue weighted by atomic mass is 10.1. The second kappa shape index (κ2) is 7.19. The van der Waals surface area contributed by atoms with Gasteiger partial charge in [0.2, 0.25) is 0 Å². The van der Waals surface area contributed by atoms with Gasteiger partial charge in [-0.3, -0.25) is 4.68 Å². The highest BCUT2D eigenvalue weighted by Crippen LogP contribution is 2.20. The maximum absolute atomic E-state index is 5.85. The van der Waals surface area contributed by atoms with Gasteiger partial charge in [-0.2, -0.15) is 5.10 Å². The van der Waals surface area contributed by atoms with Crippen molar-refractivity contribution < 1.29 is 4.74 Å². The number of aromatic nitrogens is 2. The minimum atomic E-state index is 0.312. The third-order valence-electron chi connectivity index (χ3n) is 2.99. The summed E-state index contributed by atoms with van der Waals surface area (Å²) in [5.74, 6) is 6.97. The summed E-state index contributed by atoms with van der Waals surface area (Å²) in [5.41, 5.74) is 2.91. The number of nitrogens with zero attached hydrogens (tertiary/aromatic N) is 2. The van der Waals surface area contributed by atoms with Gasteiger partial charge >= 0.3 is 0 Å². The van der Waals surface area contributed by atoms with Crippen LogP contribution in [0.4, 0.5) is 0 Å². The van der Waals surface area contributed by atoms with Crippen molar-refractivity contribution in [2.75, 3.05) is 5.88 Å². The highest BCUT2D eigenvalue weighted by molar-refractivity contribution is 6.19. The van der Waals surface area contributed by atoms with Crippen LogP contribution in [0.15, 0.2) is 30.5 Å². The molecular weight excluding hydrogens is 284 g/mol. The number of rotatable bonds is 4. The van der Waals surface area contributed by atoms with Crippen LogP contribution in [0.2, 0.25) is 0 Å².